The molecule has 0 saturated carbocycles. The zero-order chi connectivity index (χ0) is 24.1. The van der Waals surface area contributed by atoms with E-state index in [0.717, 1.165) is 39.3 Å². The first-order chi connectivity index (χ1) is 16.4. The highest BCUT2D eigenvalue weighted by Crippen LogP contribution is 2.34. The van der Waals surface area contributed by atoms with E-state index in [0.29, 0.717) is 28.6 Å². The van der Waals surface area contributed by atoms with E-state index in [4.69, 9.17) is 9.15 Å². The molecule has 0 spiro atoms. The van der Waals surface area contributed by atoms with Gasteiger partial charge >= 0.3 is 5.97 Å². The fourth-order valence-electron chi connectivity index (χ4n) is 3.29. The molecule has 1 fully saturated rings. The van der Waals surface area contributed by atoms with Crippen LogP contribution in [0.15, 0.2) is 70.0 Å². The lowest BCUT2D eigenvalue weighted by atomic mass is 10.1. The molecule has 4 rings (SSSR count). The molecule has 8 heteroatoms. The maximum absolute atomic E-state index is 12.8. The molecule has 1 saturated heterocycles. The van der Waals surface area contributed by atoms with E-state index in [9.17, 15) is 14.4 Å². The van der Waals surface area contributed by atoms with E-state index in [1.165, 1.54) is 4.90 Å². The number of carbonyl (C=O) groups is 3. The molecule has 2 heterocycles. The molecule has 2 aromatic carbocycles. The van der Waals surface area contributed by atoms with Gasteiger partial charge in [-0.15, -0.1) is 0 Å². The number of hydrogen-bond donors (Lipinski definition) is 0. The minimum atomic E-state index is -0.346. The second kappa shape index (κ2) is 11.1. The van der Waals surface area contributed by atoms with Crippen LogP contribution < -0.4 is 0 Å². The molecule has 34 heavy (non-hydrogen) atoms. The summed E-state index contributed by atoms with van der Waals surface area (Å²) < 4.78 is 12.2. The molecule has 1 aromatic heterocycles. The highest BCUT2D eigenvalue weighted by Gasteiger charge is 2.35. The smallest absolute Gasteiger partial charge is 0.338 e. The Morgan fingerprint density at radius 3 is 2.50 bits per heavy atom. The third-order valence-corrected chi connectivity index (χ3v) is 6.79. The maximum Gasteiger partial charge on any atom is 0.338 e. The van der Waals surface area contributed by atoms with E-state index in [2.05, 4.69) is 22.6 Å². The van der Waals surface area contributed by atoms with Crippen LogP contribution in [0.1, 0.15) is 41.4 Å². The summed E-state index contributed by atoms with van der Waals surface area (Å²) in [6.45, 7) is 2.68. The molecule has 3 aromatic rings. The third kappa shape index (κ3) is 5.79. The van der Waals surface area contributed by atoms with E-state index in [-0.39, 0.29) is 23.7 Å². The van der Waals surface area contributed by atoms with Gasteiger partial charge in [-0.2, -0.15) is 0 Å². The average Bonchev–Trinajstić information content (AvgIpc) is 3.41. The van der Waals surface area contributed by atoms with Crippen molar-refractivity contribution >= 4 is 57.5 Å². The predicted molar refractivity (Wildman–Crippen MR) is 140 cm³/mol. The summed E-state index contributed by atoms with van der Waals surface area (Å²) in [6.07, 6.45) is 3.39. The molecule has 0 bridgehead atoms. The van der Waals surface area contributed by atoms with Crippen molar-refractivity contribution < 1.29 is 23.5 Å². The van der Waals surface area contributed by atoms with Crippen LogP contribution in [-0.2, 0) is 16.1 Å². The molecule has 174 valence electrons. The van der Waals surface area contributed by atoms with Gasteiger partial charge in [0.15, 0.2) is 0 Å². The second-order valence-electron chi connectivity index (χ2n) is 7.66. The normalized spacial score (nSPS) is 14.8. The number of furan rings is 1. The first-order valence-electron chi connectivity index (χ1n) is 10.8. The minimum absolute atomic E-state index is 0.232. The highest BCUT2D eigenvalue weighted by molar-refractivity contribution is 14.1. The summed E-state index contributed by atoms with van der Waals surface area (Å²) in [5.41, 5.74) is 2.16. The van der Waals surface area contributed by atoms with Gasteiger partial charge in [0.2, 0.25) is 0 Å². The molecule has 2 amide bonds. The molecule has 0 unspecified atom stereocenters. The van der Waals surface area contributed by atoms with Gasteiger partial charge in [0.05, 0.1) is 23.6 Å². The Balaban J connectivity index is 1.43. The van der Waals surface area contributed by atoms with Gasteiger partial charge in [-0.1, -0.05) is 37.6 Å². The molecule has 0 N–H and O–H groups in total. The fraction of sp³-hybridized carbons (Fsp3) is 0.192. The van der Waals surface area contributed by atoms with Crippen molar-refractivity contribution in [1.82, 2.24) is 4.90 Å². The van der Waals surface area contributed by atoms with Crippen molar-refractivity contribution in [2.24, 2.45) is 0 Å². The van der Waals surface area contributed by atoms with E-state index in [1.54, 1.807) is 42.5 Å². The molecule has 0 aliphatic carbocycles. The predicted octanol–water partition coefficient (Wildman–Crippen LogP) is 6.74. The number of amides is 2. The van der Waals surface area contributed by atoms with Crippen LogP contribution >= 0.6 is 34.4 Å². The average molecular weight is 587 g/mol. The van der Waals surface area contributed by atoms with Gasteiger partial charge in [-0.05, 0) is 82.7 Å². The van der Waals surface area contributed by atoms with Gasteiger partial charge in [-0.25, -0.2) is 4.79 Å². The van der Waals surface area contributed by atoms with Crippen molar-refractivity contribution in [1.29, 1.82) is 0 Å². The summed E-state index contributed by atoms with van der Waals surface area (Å²) in [5, 5.41) is -0.303. The quantitative estimate of drug-likeness (QED) is 0.126. The Labute approximate surface area is 215 Å². The van der Waals surface area contributed by atoms with Gasteiger partial charge in [0.25, 0.3) is 11.1 Å². The van der Waals surface area contributed by atoms with Crippen LogP contribution in [0, 0.1) is 3.57 Å². The van der Waals surface area contributed by atoms with Crippen LogP contribution in [0.2, 0.25) is 0 Å². The lowest BCUT2D eigenvalue weighted by Crippen LogP contribution is -2.27. The first kappa shape index (κ1) is 24.3. The topological polar surface area (TPSA) is 76.8 Å². The van der Waals surface area contributed by atoms with Crippen molar-refractivity contribution in [2.75, 3.05) is 6.61 Å². The second-order valence-corrected chi connectivity index (χ2v) is 9.90. The maximum atomic E-state index is 12.8. The van der Waals surface area contributed by atoms with Crippen molar-refractivity contribution in [3.63, 3.8) is 0 Å². The fourth-order valence-corrected chi connectivity index (χ4v) is 4.46. The molecule has 1 aliphatic rings. The number of imide groups is 1. The Morgan fingerprint density at radius 1 is 1.06 bits per heavy atom. The highest BCUT2D eigenvalue weighted by atomic mass is 127. The lowest BCUT2D eigenvalue weighted by Gasteiger charge is -2.12. The summed E-state index contributed by atoms with van der Waals surface area (Å²) in [4.78, 5) is 38.8. The van der Waals surface area contributed by atoms with Crippen LogP contribution in [-0.4, -0.2) is 28.6 Å². The van der Waals surface area contributed by atoms with Crippen molar-refractivity contribution in [3.05, 3.63) is 86.0 Å². The summed E-state index contributed by atoms with van der Waals surface area (Å²) in [5.74, 6) is 0.381. The van der Waals surface area contributed by atoms with Crippen LogP contribution in [0.5, 0.6) is 0 Å². The summed E-state index contributed by atoms with van der Waals surface area (Å²) >= 11 is 3.11. The van der Waals surface area contributed by atoms with E-state index >= 15 is 0 Å². The zero-order valence-electron chi connectivity index (χ0n) is 18.5. The number of unbranched alkanes of at least 4 members (excludes halogenated alkanes) is 1. The Bertz CT molecular complexity index is 1230. The van der Waals surface area contributed by atoms with Gasteiger partial charge < -0.3 is 9.15 Å². The number of halogens is 1. The zero-order valence-corrected chi connectivity index (χ0v) is 21.4. The lowest BCUT2D eigenvalue weighted by molar-refractivity contribution is -0.123. The van der Waals surface area contributed by atoms with Crippen molar-refractivity contribution in [3.8, 4) is 11.3 Å². The number of esters is 1. The number of nitrogens with zero attached hydrogens (tertiary/aromatic N) is 1. The first-order valence-corrected chi connectivity index (χ1v) is 12.7. The summed E-state index contributed by atoms with van der Waals surface area (Å²) in [7, 11) is 0. The van der Waals surface area contributed by atoms with Crippen LogP contribution in [0.25, 0.3) is 17.4 Å². The molecular formula is C26H22INO5S. The number of carbonyl (C=O) groups excluding carboxylic acids is 3. The Kier molecular flexibility index (Phi) is 7.89. The SMILES string of the molecule is CCCCOC(=O)c1ccc(-c2ccc(/C=C3/SC(=O)N(Cc4ccc(I)cc4)C3=O)o2)cc1. The number of benzene rings is 2. The van der Waals surface area contributed by atoms with E-state index in [1.807, 2.05) is 31.2 Å². The minimum Gasteiger partial charge on any atom is -0.462 e. The number of rotatable bonds is 8. The summed E-state index contributed by atoms with van der Waals surface area (Å²) in [6, 6.07) is 18.2. The molecule has 0 atom stereocenters. The molecule has 1 aliphatic heterocycles. The van der Waals surface area contributed by atoms with E-state index < -0.39 is 0 Å². The number of thioether (sulfide) groups is 1. The van der Waals surface area contributed by atoms with Gasteiger partial charge in [-0.3, -0.25) is 14.5 Å². The van der Waals surface area contributed by atoms with Crippen molar-refractivity contribution in [2.45, 2.75) is 26.3 Å². The molecule has 6 nitrogen and oxygen atoms in total. The van der Waals surface area contributed by atoms with Crippen LogP contribution in [0.3, 0.4) is 0 Å². The number of ether oxygens (including phenoxy) is 1. The monoisotopic (exact) mass is 587 g/mol. The van der Waals surface area contributed by atoms with Crippen LogP contribution in [0.4, 0.5) is 4.79 Å². The largest absolute Gasteiger partial charge is 0.462 e. The van der Waals surface area contributed by atoms with Gasteiger partial charge in [0.1, 0.15) is 11.5 Å². The molecular weight excluding hydrogens is 565 g/mol. The third-order valence-electron chi connectivity index (χ3n) is 5.16. The Hall–Kier alpha value is -2.85. The Morgan fingerprint density at radius 2 is 1.79 bits per heavy atom. The number of hydrogen-bond acceptors (Lipinski definition) is 6. The molecule has 0 radical (unpaired) electrons. The van der Waals surface area contributed by atoms with Gasteiger partial charge in [0, 0.05) is 15.2 Å². The standard InChI is InChI=1S/C26H22INO5S/c1-2-3-14-32-25(30)19-8-6-18(7-9-19)22-13-12-21(33-22)15-23-24(29)28(26(31)34-23)16-17-4-10-20(27)11-5-17/h4-13,15H,2-3,14,16H2,1H3/b23-15+.